The van der Waals surface area contributed by atoms with Crippen molar-refractivity contribution in [1.82, 2.24) is 14.8 Å². The largest absolute Gasteiger partial charge is 0.475 e. The highest BCUT2D eigenvalue weighted by atomic mass is 16.5. The Morgan fingerprint density at radius 3 is 2.16 bits per heavy atom. The predicted molar refractivity (Wildman–Crippen MR) is 117 cm³/mol. The number of aromatic nitrogens is 3. The van der Waals surface area contributed by atoms with Crippen molar-refractivity contribution in [3.8, 4) is 16.8 Å². The fourth-order valence-electron chi connectivity index (χ4n) is 3.94. The zero-order valence-corrected chi connectivity index (χ0v) is 16.8. The van der Waals surface area contributed by atoms with Gasteiger partial charge in [-0.05, 0) is 46.5 Å². The topological polar surface area (TPSA) is 106 Å². The molecule has 5 rings (SSSR count). The summed E-state index contributed by atoms with van der Waals surface area (Å²) in [7, 11) is 0. The van der Waals surface area contributed by atoms with Crippen molar-refractivity contribution < 1.29 is 19.4 Å². The third kappa shape index (κ3) is 3.58. The van der Waals surface area contributed by atoms with Crippen LogP contribution in [0.2, 0.25) is 0 Å². The molecule has 0 fully saturated rings. The minimum Gasteiger partial charge on any atom is -0.475 e. The van der Waals surface area contributed by atoms with Gasteiger partial charge in [-0.25, -0.2) is 19.3 Å². The molecule has 0 bridgehead atoms. The van der Waals surface area contributed by atoms with E-state index in [9.17, 15) is 9.59 Å². The van der Waals surface area contributed by atoms with Gasteiger partial charge in [0.15, 0.2) is 0 Å². The summed E-state index contributed by atoms with van der Waals surface area (Å²) in [5, 5.41) is 15.5. The zero-order chi connectivity index (χ0) is 22.1. The molecule has 0 spiro atoms. The Hall–Kier alpha value is -4.46. The van der Waals surface area contributed by atoms with Crippen molar-refractivity contribution in [3.05, 3.63) is 96.1 Å². The molecule has 1 amide bonds. The molecule has 1 heterocycles. The molecule has 0 saturated heterocycles. The average Bonchev–Trinajstić information content (AvgIpc) is 3.42. The third-order valence-electron chi connectivity index (χ3n) is 5.41. The van der Waals surface area contributed by atoms with E-state index in [1.807, 2.05) is 24.3 Å². The van der Waals surface area contributed by atoms with Crippen LogP contribution in [0.5, 0.6) is 0 Å². The molecular formula is C24H18N4O4. The predicted octanol–water partition coefficient (Wildman–Crippen LogP) is 4.33. The summed E-state index contributed by atoms with van der Waals surface area (Å²) >= 11 is 0. The SMILES string of the molecule is O=C(Nc1ccc(-n2cnc(C(=O)O)n2)cc1)OCC1c2ccccc2-c2ccccc21. The molecule has 0 saturated carbocycles. The number of hydrogen-bond donors (Lipinski definition) is 2. The van der Waals surface area contributed by atoms with Crippen LogP contribution in [-0.4, -0.2) is 38.5 Å². The minimum atomic E-state index is -1.20. The van der Waals surface area contributed by atoms with Gasteiger partial charge in [0, 0.05) is 11.6 Å². The lowest BCUT2D eigenvalue weighted by molar-refractivity contribution is 0.0683. The van der Waals surface area contributed by atoms with Crippen LogP contribution in [0.3, 0.4) is 0 Å². The lowest BCUT2D eigenvalue weighted by atomic mass is 9.98. The summed E-state index contributed by atoms with van der Waals surface area (Å²) < 4.78 is 6.89. The number of nitrogens with zero attached hydrogens (tertiary/aromatic N) is 3. The summed E-state index contributed by atoms with van der Waals surface area (Å²) in [4.78, 5) is 27.0. The van der Waals surface area contributed by atoms with Crippen molar-refractivity contribution in [2.24, 2.45) is 0 Å². The number of nitrogens with one attached hydrogen (secondary N) is 1. The molecule has 0 aliphatic heterocycles. The van der Waals surface area contributed by atoms with E-state index in [4.69, 9.17) is 9.84 Å². The van der Waals surface area contributed by atoms with E-state index in [1.165, 1.54) is 22.1 Å². The highest BCUT2D eigenvalue weighted by molar-refractivity contribution is 5.85. The number of benzene rings is 3. The van der Waals surface area contributed by atoms with Crippen LogP contribution in [0.25, 0.3) is 16.8 Å². The summed E-state index contributed by atoms with van der Waals surface area (Å²) in [6.07, 6.45) is 0.769. The van der Waals surface area contributed by atoms with Crippen LogP contribution in [0, 0.1) is 0 Å². The Kier molecular flexibility index (Phi) is 4.87. The Morgan fingerprint density at radius 2 is 1.56 bits per heavy atom. The second kappa shape index (κ2) is 7.99. The number of amides is 1. The molecule has 158 valence electrons. The molecule has 0 unspecified atom stereocenters. The summed E-state index contributed by atoms with van der Waals surface area (Å²) in [5.41, 5.74) is 5.81. The zero-order valence-electron chi connectivity index (χ0n) is 16.8. The number of ether oxygens (including phenoxy) is 1. The van der Waals surface area contributed by atoms with Gasteiger partial charge >= 0.3 is 12.1 Å². The van der Waals surface area contributed by atoms with Crippen LogP contribution in [0.1, 0.15) is 27.7 Å². The number of carboxylic acids is 1. The molecule has 2 N–H and O–H groups in total. The molecule has 8 heteroatoms. The molecule has 0 atom stereocenters. The average molecular weight is 426 g/mol. The number of anilines is 1. The van der Waals surface area contributed by atoms with Gasteiger partial charge in [-0.3, -0.25) is 5.32 Å². The molecule has 3 aromatic carbocycles. The van der Waals surface area contributed by atoms with E-state index in [0.717, 1.165) is 11.1 Å². The second-order valence-corrected chi connectivity index (χ2v) is 7.32. The van der Waals surface area contributed by atoms with Crippen LogP contribution in [0.15, 0.2) is 79.1 Å². The molecule has 1 aliphatic carbocycles. The number of fused-ring (bicyclic) bond motifs is 3. The quantitative estimate of drug-likeness (QED) is 0.492. The maximum Gasteiger partial charge on any atom is 0.411 e. The third-order valence-corrected chi connectivity index (χ3v) is 5.41. The van der Waals surface area contributed by atoms with E-state index in [-0.39, 0.29) is 18.3 Å². The molecule has 0 radical (unpaired) electrons. The van der Waals surface area contributed by atoms with Gasteiger partial charge in [0.1, 0.15) is 12.9 Å². The first-order valence-corrected chi connectivity index (χ1v) is 9.97. The van der Waals surface area contributed by atoms with Gasteiger partial charge in [0.05, 0.1) is 5.69 Å². The van der Waals surface area contributed by atoms with Crippen molar-refractivity contribution in [1.29, 1.82) is 0 Å². The van der Waals surface area contributed by atoms with E-state index >= 15 is 0 Å². The first-order valence-electron chi connectivity index (χ1n) is 9.97. The van der Waals surface area contributed by atoms with Crippen LogP contribution >= 0.6 is 0 Å². The number of carbonyl (C=O) groups is 2. The first kappa shape index (κ1) is 19.5. The fourth-order valence-corrected chi connectivity index (χ4v) is 3.94. The second-order valence-electron chi connectivity index (χ2n) is 7.32. The van der Waals surface area contributed by atoms with Gasteiger partial charge in [-0.1, -0.05) is 48.5 Å². The van der Waals surface area contributed by atoms with Gasteiger partial charge in [0.25, 0.3) is 5.82 Å². The Labute approximate surface area is 183 Å². The summed E-state index contributed by atoms with van der Waals surface area (Å²) in [5.74, 6) is -1.49. The van der Waals surface area contributed by atoms with E-state index in [1.54, 1.807) is 24.3 Å². The van der Waals surface area contributed by atoms with Crippen LogP contribution in [-0.2, 0) is 4.74 Å². The molecular weight excluding hydrogens is 408 g/mol. The highest BCUT2D eigenvalue weighted by Gasteiger charge is 2.29. The lowest BCUT2D eigenvalue weighted by Gasteiger charge is -2.14. The minimum absolute atomic E-state index is 0.00808. The Morgan fingerprint density at radius 1 is 0.938 bits per heavy atom. The molecule has 8 nitrogen and oxygen atoms in total. The number of carbonyl (C=O) groups excluding carboxylic acids is 1. The standard InChI is InChI=1S/C24H18N4O4/c29-23(30)22-25-14-28(27-22)16-11-9-15(10-12-16)26-24(31)32-13-21-19-7-3-1-5-17(19)18-6-2-4-8-20(18)21/h1-12,14,21H,13H2,(H,26,31)(H,29,30). The highest BCUT2D eigenvalue weighted by Crippen LogP contribution is 2.44. The Balaban J connectivity index is 1.24. The smallest absolute Gasteiger partial charge is 0.411 e. The van der Waals surface area contributed by atoms with E-state index in [2.05, 4.69) is 39.7 Å². The van der Waals surface area contributed by atoms with E-state index in [0.29, 0.717) is 11.4 Å². The normalized spacial score (nSPS) is 12.1. The molecule has 4 aromatic rings. The summed E-state index contributed by atoms with van der Waals surface area (Å²) in [6.45, 7) is 0.231. The monoisotopic (exact) mass is 426 g/mol. The molecule has 1 aromatic heterocycles. The van der Waals surface area contributed by atoms with Gasteiger partial charge in [0.2, 0.25) is 0 Å². The van der Waals surface area contributed by atoms with Crippen LogP contribution < -0.4 is 5.32 Å². The fraction of sp³-hybridized carbons (Fsp3) is 0.0833. The molecule has 1 aliphatic rings. The van der Waals surface area contributed by atoms with Gasteiger partial charge in [-0.15, -0.1) is 5.10 Å². The van der Waals surface area contributed by atoms with Crippen molar-refractivity contribution in [2.45, 2.75) is 5.92 Å². The Bertz CT molecular complexity index is 1270. The first-order chi connectivity index (χ1) is 15.6. The van der Waals surface area contributed by atoms with Crippen molar-refractivity contribution >= 4 is 17.7 Å². The maximum atomic E-state index is 12.4. The van der Waals surface area contributed by atoms with Crippen molar-refractivity contribution in [2.75, 3.05) is 11.9 Å². The van der Waals surface area contributed by atoms with Crippen molar-refractivity contribution in [3.63, 3.8) is 0 Å². The summed E-state index contributed by atoms with van der Waals surface area (Å²) in [6, 6.07) is 23.1. The van der Waals surface area contributed by atoms with E-state index < -0.39 is 12.1 Å². The van der Waals surface area contributed by atoms with Gasteiger partial charge < -0.3 is 9.84 Å². The number of aromatic carboxylic acids is 1. The number of carboxylic acid groups (broad SMARTS) is 1. The van der Waals surface area contributed by atoms with Gasteiger partial charge in [-0.2, -0.15) is 0 Å². The lowest BCUT2D eigenvalue weighted by Crippen LogP contribution is -2.17. The number of rotatable bonds is 5. The molecule has 32 heavy (non-hydrogen) atoms. The van der Waals surface area contributed by atoms with Crippen LogP contribution in [0.4, 0.5) is 10.5 Å². The number of hydrogen-bond acceptors (Lipinski definition) is 5. The maximum absolute atomic E-state index is 12.4.